The predicted molar refractivity (Wildman–Crippen MR) is 286 cm³/mol. The monoisotopic (exact) mass is 953 g/mol. The summed E-state index contributed by atoms with van der Waals surface area (Å²) in [5.74, 6) is -2.03. The molecule has 1 N–H and O–H groups in total. The quantitative estimate of drug-likeness (QED) is 0.0211. The molecular weight excluding hydrogens is 851 g/mol. The molecule has 68 heavy (non-hydrogen) atoms. The maximum absolute atomic E-state index is 12.8. The average Bonchev–Trinajstić information content (AvgIpc) is 3.30. The van der Waals surface area contributed by atoms with Crippen molar-refractivity contribution < 1.29 is 42.9 Å². The summed E-state index contributed by atoms with van der Waals surface area (Å²) in [4.78, 5) is 37.3. The fourth-order valence-electron chi connectivity index (χ4n) is 7.19. The third-order valence-electron chi connectivity index (χ3n) is 11.4. The molecule has 0 aromatic rings. The van der Waals surface area contributed by atoms with E-state index in [4.69, 9.17) is 18.9 Å². The van der Waals surface area contributed by atoms with Gasteiger partial charge in [-0.05, 0) is 89.9 Å². The van der Waals surface area contributed by atoms with Gasteiger partial charge < -0.3 is 28.5 Å². The van der Waals surface area contributed by atoms with Gasteiger partial charge in [-0.1, -0.05) is 195 Å². The third kappa shape index (κ3) is 50.3. The minimum atomic E-state index is -1.52. The number of esters is 2. The van der Waals surface area contributed by atoms with E-state index in [0.717, 1.165) is 103 Å². The molecule has 0 saturated carbocycles. The summed E-state index contributed by atoms with van der Waals surface area (Å²) in [6, 6.07) is 0. The molecule has 0 spiro atoms. The Bertz CT molecular complexity index is 1390. The second-order valence-corrected chi connectivity index (χ2v) is 19.2. The van der Waals surface area contributed by atoms with Crippen molar-refractivity contribution in [3.8, 4) is 0 Å². The zero-order valence-corrected chi connectivity index (χ0v) is 44.2. The number of carboxylic acids is 1. The van der Waals surface area contributed by atoms with Crippen LogP contribution in [0.4, 0.5) is 0 Å². The molecule has 9 nitrogen and oxygen atoms in total. The first-order valence-electron chi connectivity index (χ1n) is 27.3. The lowest BCUT2D eigenvalue weighted by Gasteiger charge is -2.25. The number of carbonyl (C=O) groups is 3. The first-order chi connectivity index (χ1) is 33.1. The van der Waals surface area contributed by atoms with E-state index in [-0.39, 0.29) is 38.6 Å². The number of nitrogens with zero attached hydrogens (tertiary/aromatic N) is 1. The smallest absolute Gasteiger partial charge is 0.361 e. The van der Waals surface area contributed by atoms with Crippen molar-refractivity contribution in [2.45, 2.75) is 225 Å². The first kappa shape index (κ1) is 64.5. The van der Waals surface area contributed by atoms with E-state index >= 15 is 0 Å². The van der Waals surface area contributed by atoms with Crippen molar-refractivity contribution in [3.63, 3.8) is 0 Å². The van der Waals surface area contributed by atoms with Gasteiger partial charge in [-0.25, -0.2) is 4.79 Å². The number of hydrogen-bond donors (Lipinski definition) is 1. The van der Waals surface area contributed by atoms with Crippen molar-refractivity contribution in [1.29, 1.82) is 0 Å². The standard InChI is InChI=1S/C59H101NO8/c1-6-8-10-12-14-16-18-20-22-23-24-25-26-27-28-29-30-31-32-33-34-35-36-38-40-42-44-46-48-50-57(62)68-55(54-67-59(58(63)64)65-52-51-60(3,4)5)53-66-56(61)49-47-45-43-41-39-37-21-19-17-15-13-11-9-7-2/h8,10,14,16,19-22,24-25,27-28,30-31,55,59H,6-7,9,11-13,15,17-18,23,26,29,32-54H2,1-5H3/p+1/b10-8-,16-14-,21-19-,22-20-,25-24-,28-27-,31-30-. The molecule has 0 saturated heterocycles. The van der Waals surface area contributed by atoms with E-state index in [1.54, 1.807) is 0 Å². The van der Waals surface area contributed by atoms with Gasteiger partial charge in [-0.15, -0.1) is 0 Å². The highest BCUT2D eigenvalue weighted by atomic mass is 16.7. The maximum atomic E-state index is 12.8. The third-order valence-corrected chi connectivity index (χ3v) is 11.4. The zero-order valence-electron chi connectivity index (χ0n) is 44.2. The molecule has 0 aliphatic heterocycles. The minimum Gasteiger partial charge on any atom is -0.477 e. The Morgan fingerprint density at radius 1 is 0.456 bits per heavy atom. The summed E-state index contributed by atoms with van der Waals surface area (Å²) >= 11 is 0. The average molecular weight is 953 g/mol. The van der Waals surface area contributed by atoms with Gasteiger partial charge in [0.15, 0.2) is 6.10 Å². The van der Waals surface area contributed by atoms with E-state index in [2.05, 4.69) is 98.9 Å². The number of carbonyl (C=O) groups excluding carboxylic acids is 2. The molecule has 390 valence electrons. The number of hydrogen-bond acceptors (Lipinski definition) is 7. The van der Waals surface area contributed by atoms with Crippen LogP contribution in [0.15, 0.2) is 85.1 Å². The summed E-state index contributed by atoms with van der Waals surface area (Å²) in [6.07, 6.45) is 62.2. The fourth-order valence-corrected chi connectivity index (χ4v) is 7.19. The van der Waals surface area contributed by atoms with Crippen LogP contribution in [-0.4, -0.2) is 87.4 Å². The lowest BCUT2D eigenvalue weighted by molar-refractivity contribution is -0.870. The maximum Gasteiger partial charge on any atom is 0.361 e. The number of carboxylic acid groups (broad SMARTS) is 1. The van der Waals surface area contributed by atoms with Crippen molar-refractivity contribution >= 4 is 17.9 Å². The molecule has 0 fully saturated rings. The van der Waals surface area contributed by atoms with Crippen LogP contribution < -0.4 is 0 Å². The summed E-state index contributed by atoms with van der Waals surface area (Å²) in [7, 11) is 5.95. The highest BCUT2D eigenvalue weighted by Gasteiger charge is 2.25. The van der Waals surface area contributed by atoms with Gasteiger partial charge in [-0.2, -0.15) is 0 Å². The van der Waals surface area contributed by atoms with Gasteiger partial charge >= 0.3 is 17.9 Å². The van der Waals surface area contributed by atoms with E-state index in [9.17, 15) is 19.5 Å². The molecule has 0 aliphatic carbocycles. The molecular formula is C59H102NO8+. The number of aliphatic carboxylic acids is 1. The Morgan fingerprint density at radius 2 is 0.838 bits per heavy atom. The van der Waals surface area contributed by atoms with Crippen LogP contribution in [0.2, 0.25) is 0 Å². The predicted octanol–water partition coefficient (Wildman–Crippen LogP) is 15.6. The summed E-state index contributed by atoms with van der Waals surface area (Å²) in [5, 5.41) is 9.68. The first-order valence-corrected chi connectivity index (χ1v) is 27.3. The van der Waals surface area contributed by atoms with Gasteiger partial charge in [0, 0.05) is 12.8 Å². The van der Waals surface area contributed by atoms with E-state index in [1.165, 1.54) is 77.0 Å². The second kappa shape index (κ2) is 49.9. The molecule has 2 atom stereocenters. The molecule has 9 heteroatoms. The summed E-state index contributed by atoms with van der Waals surface area (Å²) in [5.41, 5.74) is 0. The largest absolute Gasteiger partial charge is 0.477 e. The van der Waals surface area contributed by atoms with Crippen molar-refractivity contribution in [1.82, 2.24) is 0 Å². The molecule has 0 bridgehead atoms. The SMILES string of the molecule is CC/C=C\C/C=C\C/C=C\C/C=C\C/C=C\C/C=C\CCCCCCCCCCCCC(=O)OC(COC(=O)CCCCCCC/C=C\CCCCCCC)COC(OCC[N+](C)(C)C)C(=O)O. The van der Waals surface area contributed by atoms with Crippen LogP contribution in [0.25, 0.3) is 0 Å². The lowest BCUT2D eigenvalue weighted by atomic mass is 10.0. The normalized spacial score (nSPS) is 13.5. The fraction of sp³-hybridized carbons (Fsp3) is 0.712. The molecule has 0 aromatic heterocycles. The van der Waals surface area contributed by atoms with E-state index < -0.39 is 24.3 Å². The molecule has 0 amide bonds. The Labute approximate surface area is 417 Å². The van der Waals surface area contributed by atoms with Crippen LogP contribution in [-0.2, 0) is 33.3 Å². The van der Waals surface area contributed by atoms with E-state index in [0.29, 0.717) is 17.4 Å². The van der Waals surface area contributed by atoms with Gasteiger partial charge in [0.1, 0.15) is 13.2 Å². The number of unbranched alkanes of at least 4 members (excludes halogenated alkanes) is 20. The van der Waals surface area contributed by atoms with Crippen LogP contribution in [0.1, 0.15) is 213 Å². The van der Waals surface area contributed by atoms with Crippen LogP contribution in [0, 0.1) is 0 Å². The Morgan fingerprint density at radius 3 is 1.26 bits per heavy atom. The number of rotatable bonds is 49. The van der Waals surface area contributed by atoms with E-state index in [1.807, 2.05) is 21.1 Å². The van der Waals surface area contributed by atoms with Crippen LogP contribution in [0.5, 0.6) is 0 Å². The highest BCUT2D eigenvalue weighted by molar-refractivity contribution is 5.71. The van der Waals surface area contributed by atoms with Gasteiger partial charge in [0.25, 0.3) is 6.29 Å². The number of ether oxygens (including phenoxy) is 4. The number of likely N-dealkylation sites (N-methyl/N-ethyl adjacent to an activating group) is 1. The Kier molecular flexibility index (Phi) is 47.3. The number of quaternary nitrogens is 1. The Balaban J connectivity index is 4.26. The highest BCUT2D eigenvalue weighted by Crippen LogP contribution is 2.15. The molecule has 2 unspecified atom stereocenters. The van der Waals surface area contributed by atoms with Crippen molar-refractivity contribution in [2.24, 2.45) is 0 Å². The molecule has 0 rings (SSSR count). The molecule has 0 aliphatic rings. The zero-order chi connectivity index (χ0) is 49.9. The summed E-state index contributed by atoms with van der Waals surface area (Å²) in [6.45, 7) is 4.73. The lowest BCUT2D eigenvalue weighted by Crippen LogP contribution is -2.40. The van der Waals surface area contributed by atoms with Gasteiger partial charge in [-0.3, -0.25) is 9.59 Å². The number of allylic oxidation sites excluding steroid dienone is 14. The minimum absolute atomic E-state index is 0.182. The topological polar surface area (TPSA) is 108 Å². The molecule has 0 radical (unpaired) electrons. The summed E-state index contributed by atoms with van der Waals surface area (Å²) < 4.78 is 22.8. The van der Waals surface area contributed by atoms with Gasteiger partial charge in [0.05, 0.1) is 34.4 Å². The van der Waals surface area contributed by atoms with Crippen LogP contribution >= 0.6 is 0 Å². The molecule has 0 aromatic carbocycles. The van der Waals surface area contributed by atoms with Gasteiger partial charge in [0.2, 0.25) is 0 Å². The Hall–Kier alpha value is -3.53. The second-order valence-electron chi connectivity index (χ2n) is 19.2. The molecule has 0 heterocycles. The van der Waals surface area contributed by atoms with Crippen molar-refractivity contribution in [3.05, 3.63) is 85.1 Å². The van der Waals surface area contributed by atoms with Crippen LogP contribution in [0.3, 0.4) is 0 Å². The van der Waals surface area contributed by atoms with Crippen molar-refractivity contribution in [2.75, 3.05) is 47.5 Å².